The average Bonchev–Trinajstić information content (AvgIpc) is 2.97. The molecule has 24 heavy (non-hydrogen) atoms. The highest BCUT2D eigenvalue weighted by Gasteiger charge is 2.22. The molecule has 0 unspecified atom stereocenters. The third-order valence-electron chi connectivity index (χ3n) is 3.79. The number of ether oxygens (including phenoxy) is 3. The minimum absolute atomic E-state index is 0.361. The summed E-state index contributed by atoms with van der Waals surface area (Å²) in [4.78, 5) is 12.1. The normalized spacial score (nSPS) is 15.2. The van der Waals surface area contributed by atoms with Crippen LogP contribution in [0.15, 0.2) is 54.1 Å². The van der Waals surface area contributed by atoms with Crippen LogP contribution in [-0.2, 0) is 9.53 Å². The lowest BCUT2D eigenvalue weighted by molar-refractivity contribution is -0.130. The van der Waals surface area contributed by atoms with E-state index >= 15 is 0 Å². The average molecular weight is 322 g/mol. The third kappa shape index (κ3) is 3.18. The Labute approximate surface area is 141 Å². The molecule has 3 rings (SSSR count). The van der Waals surface area contributed by atoms with Gasteiger partial charge < -0.3 is 14.2 Å². The molecule has 122 valence electrons. The van der Waals surface area contributed by atoms with Gasteiger partial charge in [-0.3, -0.25) is 0 Å². The summed E-state index contributed by atoms with van der Waals surface area (Å²) in [7, 11) is 3.15. The molecule has 0 amide bonds. The first-order valence-electron chi connectivity index (χ1n) is 7.55. The van der Waals surface area contributed by atoms with Gasteiger partial charge in [0.1, 0.15) is 5.76 Å². The maximum Gasteiger partial charge on any atom is 0.343 e. The number of carbonyl (C=O) groups is 1. The monoisotopic (exact) mass is 322 g/mol. The van der Waals surface area contributed by atoms with Crippen LogP contribution in [0.1, 0.15) is 16.7 Å². The van der Waals surface area contributed by atoms with Gasteiger partial charge in [0.2, 0.25) is 0 Å². The largest absolute Gasteiger partial charge is 0.493 e. The lowest BCUT2D eigenvalue weighted by Gasteiger charge is -2.09. The second-order valence-electron chi connectivity index (χ2n) is 5.48. The van der Waals surface area contributed by atoms with E-state index in [1.54, 1.807) is 32.4 Å². The SMILES string of the molecule is COc1ccc(C2=C/C(=C/c3ccc(C)cc3)C(=O)O2)cc1OC. The molecule has 0 fully saturated rings. The maximum atomic E-state index is 12.1. The van der Waals surface area contributed by atoms with Crippen LogP contribution in [0, 0.1) is 6.92 Å². The fraction of sp³-hybridized carbons (Fsp3) is 0.150. The van der Waals surface area contributed by atoms with Crippen molar-refractivity contribution in [3.05, 3.63) is 70.8 Å². The quantitative estimate of drug-likeness (QED) is 0.630. The highest BCUT2D eigenvalue weighted by atomic mass is 16.5. The molecule has 0 radical (unpaired) electrons. The molecule has 0 saturated heterocycles. The van der Waals surface area contributed by atoms with Gasteiger partial charge in [0.15, 0.2) is 11.5 Å². The second-order valence-corrected chi connectivity index (χ2v) is 5.48. The predicted molar refractivity (Wildman–Crippen MR) is 92.8 cm³/mol. The molecule has 2 aromatic carbocycles. The van der Waals surface area contributed by atoms with Crippen LogP contribution in [0.25, 0.3) is 11.8 Å². The zero-order chi connectivity index (χ0) is 17.1. The summed E-state index contributed by atoms with van der Waals surface area (Å²) in [5, 5.41) is 0. The van der Waals surface area contributed by atoms with E-state index in [0.717, 1.165) is 11.1 Å². The Morgan fingerprint density at radius 2 is 1.67 bits per heavy atom. The van der Waals surface area contributed by atoms with E-state index in [1.807, 2.05) is 43.3 Å². The molecule has 0 aromatic heterocycles. The zero-order valence-corrected chi connectivity index (χ0v) is 13.8. The number of esters is 1. The Bertz CT molecular complexity index is 829. The topological polar surface area (TPSA) is 44.8 Å². The fourth-order valence-electron chi connectivity index (χ4n) is 2.46. The summed E-state index contributed by atoms with van der Waals surface area (Å²) in [6, 6.07) is 13.3. The Hall–Kier alpha value is -3.01. The van der Waals surface area contributed by atoms with Gasteiger partial charge in [-0.15, -0.1) is 0 Å². The number of benzene rings is 2. The van der Waals surface area contributed by atoms with Gasteiger partial charge in [-0.1, -0.05) is 29.8 Å². The Morgan fingerprint density at radius 3 is 2.33 bits per heavy atom. The van der Waals surface area contributed by atoms with Crippen LogP contribution < -0.4 is 9.47 Å². The molecular weight excluding hydrogens is 304 g/mol. The van der Waals surface area contributed by atoms with Crippen molar-refractivity contribution in [1.29, 1.82) is 0 Å². The molecule has 0 atom stereocenters. The Morgan fingerprint density at radius 1 is 0.958 bits per heavy atom. The fourth-order valence-corrected chi connectivity index (χ4v) is 2.46. The summed E-state index contributed by atoms with van der Waals surface area (Å²) in [5.41, 5.74) is 3.40. The number of hydrogen-bond donors (Lipinski definition) is 0. The third-order valence-corrected chi connectivity index (χ3v) is 3.79. The summed E-state index contributed by atoms with van der Waals surface area (Å²) in [5.74, 6) is 1.35. The number of cyclic esters (lactones) is 1. The van der Waals surface area contributed by atoms with E-state index in [0.29, 0.717) is 22.8 Å². The Balaban J connectivity index is 1.93. The molecule has 4 heteroatoms. The van der Waals surface area contributed by atoms with E-state index in [-0.39, 0.29) is 5.97 Å². The summed E-state index contributed by atoms with van der Waals surface area (Å²) in [6.07, 6.45) is 3.55. The van der Waals surface area contributed by atoms with Gasteiger partial charge >= 0.3 is 5.97 Å². The molecular formula is C20H18O4. The second kappa shape index (κ2) is 6.62. The van der Waals surface area contributed by atoms with E-state index in [1.165, 1.54) is 5.56 Å². The molecule has 2 aromatic rings. The zero-order valence-electron chi connectivity index (χ0n) is 13.8. The van der Waals surface area contributed by atoms with Crippen molar-refractivity contribution in [2.24, 2.45) is 0 Å². The number of rotatable bonds is 4. The smallest absolute Gasteiger partial charge is 0.343 e. The highest BCUT2D eigenvalue weighted by molar-refractivity contribution is 6.05. The van der Waals surface area contributed by atoms with Crippen LogP contribution in [-0.4, -0.2) is 20.2 Å². The van der Waals surface area contributed by atoms with E-state index < -0.39 is 0 Å². The molecule has 4 nitrogen and oxygen atoms in total. The van der Waals surface area contributed by atoms with Gasteiger partial charge in [-0.05, 0) is 42.8 Å². The van der Waals surface area contributed by atoms with Crippen LogP contribution in [0.2, 0.25) is 0 Å². The summed E-state index contributed by atoms with van der Waals surface area (Å²) in [6.45, 7) is 2.02. The number of methoxy groups -OCH3 is 2. The van der Waals surface area contributed by atoms with E-state index in [9.17, 15) is 4.79 Å². The standard InChI is InChI=1S/C20H18O4/c1-13-4-6-14(7-5-13)10-16-12-18(24-20(16)21)15-8-9-17(22-2)19(11-15)23-3/h4-12H,1-3H3/b16-10-. The van der Waals surface area contributed by atoms with Gasteiger partial charge in [-0.2, -0.15) is 0 Å². The van der Waals surface area contributed by atoms with Gasteiger partial charge in [0, 0.05) is 5.56 Å². The molecule has 1 aliphatic heterocycles. The molecule has 0 N–H and O–H groups in total. The minimum atomic E-state index is -0.361. The van der Waals surface area contributed by atoms with Crippen molar-refractivity contribution in [2.75, 3.05) is 14.2 Å². The molecule has 0 spiro atoms. The number of aryl methyl sites for hydroxylation is 1. The predicted octanol–water partition coefficient (Wildman–Crippen LogP) is 3.99. The van der Waals surface area contributed by atoms with Crippen molar-refractivity contribution in [3.63, 3.8) is 0 Å². The van der Waals surface area contributed by atoms with Gasteiger partial charge in [0.25, 0.3) is 0 Å². The van der Waals surface area contributed by atoms with Crippen LogP contribution in [0.4, 0.5) is 0 Å². The van der Waals surface area contributed by atoms with Crippen LogP contribution >= 0.6 is 0 Å². The van der Waals surface area contributed by atoms with Crippen molar-refractivity contribution >= 4 is 17.8 Å². The van der Waals surface area contributed by atoms with Crippen LogP contribution in [0.5, 0.6) is 11.5 Å². The van der Waals surface area contributed by atoms with Crippen LogP contribution in [0.3, 0.4) is 0 Å². The summed E-state index contributed by atoms with van der Waals surface area (Å²) < 4.78 is 15.9. The first kappa shape index (κ1) is 15.9. The lowest BCUT2D eigenvalue weighted by atomic mass is 10.1. The van der Waals surface area contributed by atoms with Crippen molar-refractivity contribution < 1.29 is 19.0 Å². The summed E-state index contributed by atoms with van der Waals surface area (Å²) >= 11 is 0. The molecule has 1 aliphatic rings. The molecule has 0 saturated carbocycles. The maximum absolute atomic E-state index is 12.1. The highest BCUT2D eigenvalue weighted by Crippen LogP contribution is 2.33. The van der Waals surface area contributed by atoms with Gasteiger partial charge in [-0.25, -0.2) is 4.79 Å². The van der Waals surface area contributed by atoms with Crippen molar-refractivity contribution in [3.8, 4) is 11.5 Å². The lowest BCUT2D eigenvalue weighted by Crippen LogP contribution is -1.98. The molecule has 0 aliphatic carbocycles. The first-order valence-corrected chi connectivity index (χ1v) is 7.55. The number of hydrogen-bond acceptors (Lipinski definition) is 4. The molecule has 0 bridgehead atoms. The van der Waals surface area contributed by atoms with Crippen molar-refractivity contribution in [1.82, 2.24) is 0 Å². The van der Waals surface area contributed by atoms with Crippen molar-refractivity contribution in [2.45, 2.75) is 6.92 Å². The minimum Gasteiger partial charge on any atom is -0.493 e. The van der Waals surface area contributed by atoms with Gasteiger partial charge in [0.05, 0.1) is 19.8 Å². The first-order chi connectivity index (χ1) is 11.6. The van der Waals surface area contributed by atoms with E-state index in [2.05, 4.69) is 0 Å². The number of carbonyl (C=O) groups excluding carboxylic acids is 1. The Kier molecular flexibility index (Phi) is 4.38. The molecule has 1 heterocycles. The van der Waals surface area contributed by atoms with E-state index in [4.69, 9.17) is 14.2 Å².